The molecule has 1 amide bonds. The highest BCUT2D eigenvalue weighted by Gasteiger charge is 2.47. The van der Waals surface area contributed by atoms with Crippen molar-refractivity contribution in [2.45, 2.75) is 18.5 Å². The number of rotatable bonds is 1. The van der Waals surface area contributed by atoms with Crippen molar-refractivity contribution < 1.29 is 4.79 Å². The fourth-order valence-electron chi connectivity index (χ4n) is 2.04. The van der Waals surface area contributed by atoms with Gasteiger partial charge < -0.3 is 4.90 Å². The lowest BCUT2D eigenvalue weighted by atomic mass is 10.0. The average molecular weight is 303 g/mol. The molecule has 0 aromatic heterocycles. The molecular formula is C9H10IN3O. The number of hydrogen-bond donors (Lipinski definition) is 0. The van der Waals surface area contributed by atoms with Gasteiger partial charge in [-0.05, 0) is 6.42 Å². The summed E-state index contributed by atoms with van der Waals surface area (Å²) in [4.78, 5) is 13.4. The fraction of sp³-hybridized carbons (Fsp3) is 0.556. The Labute approximate surface area is 96.6 Å². The van der Waals surface area contributed by atoms with Crippen molar-refractivity contribution in [1.82, 2.24) is 8.01 Å². The maximum absolute atomic E-state index is 11.6. The highest BCUT2D eigenvalue weighted by molar-refractivity contribution is 14.1. The van der Waals surface area contributed by atoms with Gasteiger partial charge in [-0.1, -0.05) is 0 Å². The minimum atomic E-state index is -0.0245. The van der Waals surface area contributed by atoms with Crippen LogP contribution >= 0.6 is 22.9 Å². The minimum Gasteiger partial charge on any atom is -0.333 e. The van der Waals surface area contributed by atoms with Gasteiger partial charge in [0.25, 0.3) is 0 Å². The third-order valence-electron chi connectivity index (χ3n) is 2.82. The van der Waals surface area contributed by atoms with E-state index in [9.17, 15) is 4.79 Å². The molecule has 0 saturated carbocycles. The Kier molecular flexibility index (Phi) is 2.74. The first-order valence-electron chi connectivity index (χ1n) is 4.53. The van der Waals surface area contributed by atoms with Gasteiger partial charge in [0, 0.05) is 54.1 Å². The Bertz CT molecular complexity index is 323. The summed E-state index contributed by atoms with van der Waals surface area (Å²) in [5, 5.41) is 8.31. The standard InChI is InChI=1S/C9H10IN3O/c10-13-6-8-7(13)3-5-12(8)9(14)2-1-4-11/h1-2,7-8H,3,5-6H2/b2-1+. The molecule has 2 rings (SSSR count). The van der Waals surface area contributed by atoms with Crippen LogP contribution in [0.2, 0.25) is 0 Å². The number of likely N-dealkylation sites (tertiary alicyclic amines) is 1. The molecule has 14 heavy (non-hydrogen) atoms. The van der Waals surface area contributed by atoms with Crippen LogP contribution in [0.5, 0.6) is 0 Å². The number of carbonyl (C=O) groups excluding carboxylic acids is 1. The predicted octanol–water partition coefficient (Wildman–Crippen LogP) is 0.701. The van der Waals surface area contributed by atoms with Gasteiger partial charge in [0.2, 0.25) is 5.91 Å². The van der Waals surface area contributed by atoms with Crippen molar-refractivity contribution in [2.75, 3.05) is 13.1 Å². The molecule has 0 aliphatic carbocycles. The Hall–Kier alpha value is -0.610. The van der Waals surface area contributed by atoms with E-state index in [0.717, 1.165) is 19.5 Å². The van der Waals surface area contributed by atoms with Crippen LogP contribution in [0.3, 0.4) is 0 Å². The van der Waals surface area contributed by atoms with Crippen molar-refractivity contribution in [3.8, 4) is 6.07 Å². The van der Waals surface area contributed by atoms with Crippen LogP contribution < -0.4 is 0 Å². The Morgan fingerprint density at radius 1 is 1.57 bits per heavy atom. The summed E-state index contributed by atoms with van der Waals surface area (Å²) in [7, 11) is 0. The zero-order valence-corrected chi connectivity index (χ0v) is 9.72. The monoisotopic (exact) mass is 303 g/mol. The normalized spacial score (nSPS) is 31.3. The summed E-state index contributed by atoms with van der Waals surface area (Å²) in [6.45, 7) is 1.78. The topological polar surface area (TPSA) is 47.3 Å². The van der Waals surface area contributed by atoms with E-state index in [2.05, 4.69) is 26.0 Å². The second-order valence-corrected chi connectivity index (χ2v) is 4.74. The summed E-state index contributed by atoms with van der Waals surface area (Å²) in [6.07, 6.45) is 3.66. The number of nitriles is 1. The zero-order valence-electron chi connectivity index (χ0n) is 7.56. The Balaban J connectivity index is 1.98. The maximum Gasteiger partial charge on any atom is 0.247 e. The fourth-order valence-corrected chi connectivity index (χ4v) is 3.09. The van der Waals surface area contributed by atoms with Gasteiger partial charge in [-0.25, -0.2) is 3.11 Å². The molecule has 0 N–H and O–H groups in total. The molecule has 2 heterocycles. The molecule has 2 fully saturated rings. The average Bonchev–Trinajstić information content (AvgIpc) is 2.51. The number of nitrogens with zero attached hydrogens (tertiary/aromatic N) is 3. The van der Waals surface area contributed by atoms with Crippen molar-refractivity contribution in [3.63, 3.8) is 0 Å². The molecule has 0 aromatic carbocycles. The quantitative estimate of drug-likeness (QED) is 0.310. The summed E-state index contributed by atoms with van der Waals surface area (Å²) in [5.74, 6) is -0.0245. The Morgan fingerprint density at radius 3 is 2.93 bits per heavy atom. The number of halogens is 1. The second-order valence-electron chi connectivity index (χ2n) is 3.50. The highest BCUT2D eigenvalue weighted by Crippen LogP contribution is 2.34. The summed E-state index contributed by atoms with van der Waals surface area (Å²) in [5.41, 5.74) is 0. The van der Waals surface area contributed by atoms with Crippen molar-refractivity contribution in [1.29, 1.82) is 5.26 Å². The molecule has 2 unspecified atom stereocenters. The lowest BCUT2D eigenvalue weighted by Crippen LogP contribution is -2.58. The van der Waals surface area contributed by atoms with E-state index in [0.29, 0.717) is 12.1 Å². The number of allylic oxidation sites excluding steroid dienone is 1. The minimum absolute atomic E-state index is 0.0245. The molecule has 5 heteroatoms. The van der Waals surface area contributed by atoms with Crippen LogP contribution in [0.1, 0.15) is 6.42 Å². The third-order valence-corrected chi connectivity index (χ3v) is 3.92. The summed E-state index contributed by atoms with van der Waals surface area (Å²) in [6, 6.07) is 2.75. The van der Waals surface area contributed by atoms with Gasteiger partial charge in [-0.15, -0.1) is 0 Å². The third kappa shape index (κ3) is 1.53. The van der Waals surface area contributed by atoms with Crippen LogP contribution in [0.4, 0.5) is 0 Å². The first-order chi connectivity index (χ1) is 6.74. The van der Waals surface area contributed by atoms with Crippen molar-refractivity contribution in [3.05, 3.63) is 12.2 Å². The lowest BCUT2D eigenvalue weighted by molar-refractivity contribution is -0.128. The predicted molar refractivity (Wildman–Crippen MR) is 59.4 cm³/mol. The number of hydrogen-bond acceptors (Lipinski definition) is 3. The van der Waals surface area contributed by atoms with Crippen LogP contribution in [-0.2, 0) is 4.79 Å². The molecule has 2 atom stereocenters. The van der Waals surface area contributed by atoms with E-state index >= 15 is 0 Å². The molecule has 0 bridgehead atoms. The van der Waals surface area contributed by atoms with Gasteiger partial charge in [0.05, 0.1) is 12.1 Å². The van der Waals surface area contributed by atoms with Crippen LogP contribution in [-0.4, -0.2) is 39.1 Å². The van der Waals surface area contributed by atoms with Crippen LogP contribution in [0.15, 0.2) is 12.2 Å². The molecule has 0 spiro atoms. The number of amides is 1. The number of fused-ring (bicyclic) bond motifs is 1. The van der Waals surface area contributed by atoms with Gasteiger partial charge in [0.15, 0.2) is 0 Å². The van der Waals surface area contributed by atoms with E-state index in [1.165, 1.54) is 12.2 Å². The van der Waals surface area contributed by atoms with Gasteiger partial charge >= 0.3 is 0 Å². The molecule has 74 valence electrons. The maximum atomic E-state index is 11.6. The van der Waals surface area contributed by atoms with Crippen molar-refractivity contribution in [2.24, 2.45) is 0 Å². The molecule has 2 aliphatic rings. The SMILES string of the molecule is N#C/C=C/C(=O)N1CCC2C1CN2I. The molecule has 2 aliphatic heterocycles. The van der Waals surface area contributed by atoms with Gasteiger partial charge in [-0.2, -0.15) is 5.26 Å². The van der Waals surface area contributed by atoms with E-state index in [4.69, 9.17) is 5.26 Å². The van der Waals surface area contributed by atoms with E-state index < -0.39 is 0 Å². The van der Waals surface area contributed by atoms with Crippen LogP contribution in [0.25, 0.3) is 0 Å². The highest BCUT2D eigenvalue weighted by atomic mass is 127. The van der Waals surface area contributed by atoms with Gasteiger partial charge in [-0.3, -0.25) is 4.79 Å². The molecule has 4 nitrogen and oxygen atoms in total. The molecule has 0 aromatic rings. The zero-order chi connectivity index (χ0) is 10.1. The van der Waals surface area contributed by atoms with E-state index in [-0.39, 0.29) is 5.91 Å². The first-order valence-corrected chi connectivity index (χ1v) is 5.49. The number of carbonyl (C=O) groups is 1. The molecule has 0 radical (unpaired) electrons. The lowest BCUT2D eigenvalue weighted by Gasteiger charge is -2.42. The second kappa shape index (κ2) is 3.87. The van der Waals surface area contributed by atoms with E-state index in [1.54, 1.807) is 0 Å². The molecular weight excluding hydrogens is 293 g/mol. The van der Waals surface area contributed by atoms with E-state index in [1.807, 2.05) is 11.0 Å². The largest absolute Gasteiger partial charge is 0.333 e. The van der Waals surface area contributed by atoms with Crippen LogP contribution in [0, 0.1) is 11.3 Å². The summed E-state index contributed by atoms with van der Waals surface area (Å²) < 4.78 is 2.24. The smallest absolute Gasteiger partial charge is 0.247 e. The summed E-state index contributed by atoms with van der Waals surface area (Å²) >= 11 is 2.30. The van der Waals surface area contributed by atoms with Gasteiger partial charge in [0.1, 0.15) is 0 Å². The van der Waals surface area contributed by atoms with Crippen molar-refractivity contribution >= 4 is 28.8 Å². The first kappa shape index (κ1) is 9.93. The molecule has 2 saturated heterocycles. The Morgan fingerprint density at radius 2 is 2.36 bits per heavy atom.